The van der Waals surface area contributed by atoms with Crippen molar-refractivity contribution >= 4 is 11.7 Å². The predicted octanol–water partition coefficient (Wildman–Crippen LogP) is 0.162. The molecule has 1 aromatic heterocycles. The molecular weight excluding hydrogens is 220 g/mol. The van der Waals surface area contributed by atoms with Crippen LogP contribution in [-0.4, -0.2) is 38.4 Å². The first-order valence-corrected chi connectivity index (χ1v) is 5.72. The van der Waals surface area contributed by atoms with Crippen molar-refractivity contribution in [2.45, 2.75) is 39.3 Å². The minimum Gasteiger partial charge on any atom is -0.338 e. The van der Waals surface area contributed by atoms with Crippen molar-refractivity contribution in [1.82, 2.24) is 19.7 Å². The second kappa shape index (κ2) is 4.65. The highest BCUT2D eigenvalue weighted by atomic mass is 16.2. The van der Waals surface area contributed by atoms with Crippen LogP contribution in [0.4, 0.5) is 0 Å². The van der Waals surface area contributed by atoms with Crippen LogP contribution < -0.4 is 0 Å². The average molecular weight is 236 g/mol. The number of ketones is 1. The summed E-state index contributed by atoms with van der Waals surface area (Å²) in [6, 6.07) is 0. The van der Waals surface area contributed by atoms with E-state index in [-0.39, 0.29) is 18.1 Å². The van der Waals surface area contributed by atoms with Gasteiger partial charge in [-0.3, -0.25) is 9.59 Å². The first-order chi connectivity index (χ1) is 8.08. The Balaban J connectivity index is 2.00. The number of aryl methyl sites for hydroxylation is 1. The van der Waals surface area contributed by atoms with Gasteiger partial charge in [0.2, 0.25) is 5.91 Å². The maximum Gasteiger partial charge on any atom is 0.230 e. The average Bonchev–Trinajstić information content (AvgIpc) is 2.81. The topological polar surface area (TPSA) is 68.1 Å². The molecular formula is C11H16N4O2. The van der Waals surface area contributed by atoms with Crippen LogP contribution in [0.3, 0.4) is 0 Å². The third-order valence-corrected chi connectivity index (χ3v) is 2.89. The Labute approximate surface area is 99.6 Å². The number of carbonyl (C=O) groups is 2. The minimum absolute atomic E-state index is 0.0442. The molecule has 2 rings (SSSR count). The van der Waals surface area contributed by atoms with Gasteiger partial charge >= 0.3 is 0 Å². The van der Waals surface area contributed by atoms with E-state index in [4.69, 9.17) is 0 Å². The molecule has 1 aliphatic rings. The summed E-state index contributed by atoms with van der Waals surface area (Å²) in [6.07, 6.45) is 2.00. The van der Waals surface area contributed by atoms with Gasteiger partial charge in [0.1, 0.15) is 11.6 Å². The van der Waals surface area contributed by atoms with E-state index in [0.717, 1.165) is 31.0 Å². The number of hydrogen-bond donors (Lipinski definition) is 0. The van der Waals surface area contributed by atoms with E-state index in [9.17, 15) is 9.59 Å². The van der Waals surface area contributed by atoms with E-state index in [2.05, 4.69) is 14.8 Å². The van der Waals surface area contributed by atoms with Crippen LogP contribution in [0.2, 0.25) is 0 Å². The Kier molecular flexibility index (Phi) is 3.21. The third-order valence-electron chi connectivity index (χ3n) is 2.89. The molecule has 2 heterocycles. The molecule has 0 aromatic carbocycles. The van der Waals surface area contributed by atoms with Gasteiger partial charge < -0.3 is 9.47 Å². The summed E-state index contributed by atoms with van der Waals surface area (Å²) in [5.74, 6) is 1.51. The maximum absolute atomic E-state index is 11.6. The van der Waals surface area contributed by atoms with Crippen molar-refractivity contribution in [1.29, 1.82) is 0 Å². The minimum atomic E-state index is -0.173. The fraction of sp³-hybridized carbons (Fsp3) is 0.636. The second-order valence-electron chi connectivity index (χ2n) is 4.42. The zero-order valence-corrected chi connectivity index (χ0v) is 10.1. The Hall–Kier alpha value is -1.72. The van der Waals surface area contributed by atoms with Crippen LogP contribution in [0, 0.1) is 0 Å². The molecule has 0 atom stereocenters. The zero-order valence-electron chi connectivity index (χ0n) is 10.1. The number of Topliss-reactive ketones (excluding diaryl/α,β-unsaturated/α-hetero) is 1. The lowest BCUT2D eigenvalue weighted by atomic mass is 10.3. The molecule has 92 valence electrons. The number of rotatable bonds is 4. The van der Waals surface area contributed by atoms with Crippen molar-refractivity contribution in [2.24, 2.45) is 0 Å². The van der Waals surface area contributed by atoms with Crippen LogP contribution in [-0.2, 0) is 29.1 Å². The molecule has 1 aromatic rings. The van der Waals surface area contributed by atoms with E-state index in [1.165, 1.54) is 11.8 Å². The lowest BCUT2D eigenvalue weighted by Gasteiger charge is -2.15. The number of aromatic nitrogens is 3. The third kappa shape index (κ3) is 2.51. The lowest BCUT2D eigenvalue weighted by molar-refractivity contribution is -0.134. The lowest BCUT2D eigenvalue weighted by Crippen LogP contribution is -2.28. The molecule has 0 bridgehead atoms. The smallest absolute Gasteiger partial charge is 0.230 e. The second-order valence-corrected chi connectivity index (χ2v) is 4.42. The van der Waals surface area contributed by atoms with Crippen molar-refractivity contribution in [3.8, 4) is 0 Å². The van der Waals surface area contributed by atoms with Crippen LogP contribution in [0.15, 0.2) is 0 Å². The maximum atomic E-state index is 11.6. The van der Waals surface area contributed by atoms with Gasteiger partial charge in [0.25, 0.3) is 0 Å². The molecule has 1 aliphatic heterocycles. The van der Waals surface area contributed by atoms with Gasteiger partial charge in [0, 0.05) is 20.0 Å². The number of hydrogen-bond acceptors (Lipinski definition) is 4. The quantitative estimate of drug-likeness (QED) is 0.698. The van der Waals surface area contributed by atoms with E-state index in [1.54, 1.807) is 7.05 Å². The van der Waals surface area contributed by atoms with E-state index >= 15 is 0 Å². The van der Waals surface area contributed by atoms with Crippen molar-refractivity contribution < 1.29 is 9.59 Å². The van der Waals surface area contributed by atoms with Gasteiger partial charge in [-0.1, -0.05) is 0 Å². The van der Waals surface area contributed by atoms with Gasteiger partial charge in [-0.25, -0.2) is 0 Å². The number of fused-ring (bicyclic) bond motifs is 1. The molecule has 1 amide bonds. The summed E-state index contributed by atoms with van der Waals surface area (Å²) in [5, 5.41) is 8.15. The molecule has 0 unspecified atom stereocenters. The highest BCUT2D eigenvalue weighted by Crippen LogP contribution is 2.15. The summed E-state index contributed by atoms with van der Waals surface area (Å²) in [5.41, 5.74) is 0. The number of amides is 1. The summed E-state index contributed by atoms with van der Waals surface area (Å²) in [4.78, 5) is 24.0. The Morgan fingerprint density at radius 3 is 2.88 bits per heavy atom. The molecule has 0 saturated heterocycles. The first kappa shape index (κ1) is 11.8. The zero-order chi connectivity index (χ0) is 12.4. The number of carbonyl (C=O) groups excluding carboxylic acids is 2. The molecule has 0 radical (unpaired) electrons. The monoisotopic (exact) mass is 236 g/mol. The normalized spacial score (nSPS) is 13.5. The van der Waals surface area contributed by atoms with Gasteiger partial charge in [-0.15, -0.1) is 10.2 Å². The van der Waals surface area contributed by atoms with Crippen LogP contribution in [0.5, 0.6) is 0 Å². The predicted molar refractivity (Wildman–Crippen MR) is 60.1 cm³/mol. The van der Waals surface area contributed by atoms with Crippen molar-refractivity contribution in [3.05, 3.63) is 11.6 Å². The van der Waals surface area contributed by atoms with Crippen LogP contribution in [0.1, 0.15) is 31.4 Å². The molecule has 0 fully saturated rings. The molecule has 0 spiro atoms. The molecule has 0 saturated carbocycles. The summed E-state index contributed by atoms with van der Waals surface area (Å²) in [6.45, 7) is 2.76. The van der Waals surface area contributed by atoms with Gasteiger partial charge in [0.15, 0.2) is 5.82 Å². The first-order valence-electron chi connectivity index (χ1n) is 5.72. The largest absolute Gasteiger partial charge is 0.338 e. The van der Waals surface area contributed by atoms with E-state index in [0.29, 0.717) is 6.54 Å². The molecule has 6 nitrogen and oxygen atoms in total. The summed E-state index contributed by atoms with van der Waals surface area (Å²) >= 11 is 0. The van der Waals surface area contributed by atoms with E-state index in [1.807, 2.05) is 0 Å². The summed E-state index contributed by atoms with van der Waals surface area (Å²) in [7, 11) is 1.68. The molecule has 6 heteroatoms. The Morgan fingerprint density at radius 2 is 2.18 bits per heavy atom. The number of nitrogens with zero attached hydrogens (tertiary/aromatic N) is 4. The van der Waals surface area contributed by atoms with Gasteiger partial charge in [-0.2, -0.15) is 0 Å². The standard InChI is InChI=1S/C11H16N4O2/c1-8(16)6-11(17)14(2)7-10-13-12-9-4-3-5-15(9)10/h3-7H2,1-2H3. The van der Waals surface area contributed by atoms with E-state index < -0.39 is 0 Å². The SMILES string of the molecule is CC(=O)CC(=O)N(C)Cc1nnc2n1CCC2. The Morgan fingerprint density at radius 1 is 1.41 bits per heavy atom. The molecule has 0 aliphatic carbocycles. The highest BCUT2D eigenvalue weighted by Gasteiger charge is 2.20. The molecule has 17 heavy (non-hydrogen) atoms. The van der Waals surface area contributed by atoms with Crippen molar-refractivity contribution in [3.63, 3.8) is 0 Å². The van der Waals surface area contributed by atoms with Gasteiger partial charge in [-0.05, 0) is 13.3 Å². The van der Waals surface area contributed by atoms with Crippen LogP contribution >= 0.6 is 0 Å². The fourth-order valence-electron chi connectivity index (χ4n) is 1.98. The van der Waals surface area contributed by atoms with Crippen LogP contribution in [0.25, 0.3) is 0 Å². The molecule has 0 N–H and O–H groups in total. The summed E-state index contributed by atoms with van der Waals surface area (Å²) < 4.78 is 2.05. The highest BCUT2D eigenvalue weighted by molar-refractivity contribution is 5.96. The Bertz CT molecular complexity index is 452. The fourth-order valence-corrected chi connectivity index (χ4v) is 1.98. The van der Waals surface area contributed by atoms with Crippen molar-refractivity contribution in [2.75, 3.05) is 7.05 Å². The van der Waals surface area contributed by atoms with Gasteiger partial charge in [0.05, 0.1) is 13.0 Å².